The molecule has 0 aliphatic heterocycles. The average Bonchev–Trinajstić information content (AvgIpc) is 2.00. The molecule has 0 heterocycles. The number of carbonyl (C=O) groups excluding carboxylic acids is 1. The van der Waals surface area contributed by atoms with Gasteiger partial charge in [0.1, 0.15) is 5.78 Å². The van der Waals surface area contributed by atoms with Crippen molar-refractivity contribution in [2.75, 3.05) is 12.3 Å². The Morgan fingerprint density at radius 1 is 1.07 bits per heavy atom. The van der Waals surface area contributed by atoms with Crippen LogP contribution < -0.4 is 0 Å². The molecule has 0 saturated heterocycles. The minimum absolute atomic E-state index is 0.202. The summed E-state index contributed by atoms with van der Waals surface area (Å²) in [6.45, 7) is 13.0. The van der Waals surface area contributed by atoms with Gasteiger partial charge in [-0.15, -0.1) is 8.58 Å². The van der Waals surface area contributed by atoms with Crippen LogP contribution in [0.3, 0.4) is 0 Å². The molecule has 0 N–H and O–H groups in total. The van der Waals surface area contributed by atoms with Crippen LogP contribution in [0.25, 0.3) is 0 Å². The van der Waals surface area contributed by atoms with Crippen LogP contribution in [0, 0.1) is 10.8 Å². The molecule has 0 bridgehead atoms. The van der Waals surface area contributed by atoms with Crippen molar-refractivity contribution in [1.29, 1.82) is 0 Å². The molecule has 0 saturated carbocycles. The van der Waals surface area contributed by atoms with Crippen molar-refractivity contribution >= 4 is 14.4 Å². The first-order valence-electron chi connectivity index (χ1n) is 5.89. The molecule has 0 aromatic carbocycles. The lowest BCUT2D eigenvalue weighted by atomic mass is 9.90. The largest absolute Gasteiger partial charge is 0.300 e. The Hall–Kier alpha value is 0.100. The van der Waals surface area contributed by atoms with Crippen LogP contribution in [0.2, 0.25) is 0 Å². The predicted molar refractivity (Wildman–Crippen MR) is 71.2 cm³/mol. The van der Waals surface area contributed by atoms with Gasteiger partial charge in [0, 0.05) is 6.42 Å². The molecule has 0 amide bonds. The first-order chi connectivity index (χ1) is 6.68. The van der Waals surface area contributed by atoms with Crippen LogP contribution >= 0.6 is 8.58 Å². The predicted octanol–water partition coefficient (Wildman–Crippen LogP) is 4.11. The summed E-state index contributed by atoms with van der Waals surface area (Å²) in [5, 5.41) is 0. The molecule has 0 aliphatic carbocycles. The maximum absolute atomic E-state index is 11.1. The summed E-state index contributed by atoms with van der Waals surface area (Å²) < 4.78 is 0. The molecule has 0 aromatic heterocycles. The minimum Gasteiger partial charge on any atom is -0.300 e. The fraction of sp³-hybridized carbons (Fsp3) is 0.923. The standard InChI is InChI=1S/C13H27OP/c1-7-12(3,4)9-15-10-13(5,6)8-11(2)14/h15H,7-10H2,1-6H3. The Morgan fingerprint density at radius 2 is 1.53 bits per heavy atom. The van der Waals surface area contributed by atoms with Crippen molar-refractivity contribution in [3.05, 3.63) is 0 Å². The summed E-state index contributed by atoms with van der Waals surface area (Å²) in [5.41, 5.74) is 0.679. The SMILES string of the molecule is CCC(C)(C)CPCC(C)(C)CC(C)=O. The first-order valence-corrected chi connectivity index (χ1v) is 7.30. The highest BCUT2D eigenvalue weighted by Gasteiger charge is 2.21. The van der Waals surface area contributed by atoms with Gasteiger partial charge in [0.05, 0.1) is 0 Å². The summed E-state index contributed by atoms with van der Waals surface area (Å²) in [6.07, 6.45) is 4.46. The number of carbonyl (C=O) groups is 1. The normalized spacial score (nSPS) is 13.7. The molecule has 0 rings (SSSR count). The van der Waals surface area contributed by atoms with E-state index < -0.39 is 0 Å². The first kappa shape index (κ1) is 15.1. The quantitative estimate of drug-likeness (QED) is 0.602. The second-order valence-corrected chi connectivity index (χ2v) is 7.37. The van der Waals surface area contributed by atoms with Gasteiger partial charge in [0.2, 0.25) is 0 Å². The van der Waals surface area contributed by atoms with Crippen LogP contribution in [0.5, 0.6) is 0 Å². The lowest BCUT2D eigenvalue weighted by Gasteiger charge is -2.27. The molecule has 1 atom stereocenters. The summed E-state index contributed by atoms with van der Waals surface area (Å²) >= 11 is 0. The number of ketones is 1. The molecule has 1 unspecified atom stereocenters. The average molecular weight is 230 g/mol. The number of hydrogen-bond donors (Lipinski definition) is 0. The zero-order valence-electron chi connectivity index (χ0n) is 11.2. The van der Waals surface area contributed by atoms with Gasteiger partial charge in [-0.1, -0.05) is 41.0 Å². The van der Waals surface area contributed by atoms with Crippen molar-refractivity contribution in [1.82, 2.24) is 0 Å². The Labute approximate surface area is 97.2 Å². The highest BCUT2D eigenvalue weighted by molar-refractivity contribution is 7.38. The van der Waals surface area contributed by atoms with Gasteiger partial charge in [-0.2, -0.15) is 0 Å². The summed E-state index contributed by atoms with van der Waals surface area (Å²) in [6, 6.07) is 0. The van der Waals surface area contributed by atoms with E-state index >= 15 is 0 Å². The van der Waals surface area contributed by atoms with E-state index in [-0.39, 0.29) is 5.41 Å². The maximum atomic E-state index is 11.1. The highest BCUT2D eigenvalue weighted by atomic mass is 31.1. The zero-order chi connectivity index (χ0) is 12.1. The van der Waals surface area contributed by atoms with Crippen LogP contribution in [-0.4, -0.2) is 18.1 Å². The molecule has 0 radical (unpaired) electrons. The lowest BCUT2D eigenvalue weighted by Crippen LogP contribution is -2.20. The van der Waals surface area contributed by atoms with Gasteiger partial charge in [-0.05, 0) is 30.1 Å². The van der Waals surface area contributed by atoms with E-state index in [0.717, 1.165) is 15.0 Å². The second kappa shape index (κ2) is 5.99. The van der Waals surface area contributed by atoms with Crippen molar-refractivity contribution in [2.45, 2.75) is 54.4 Å². The molecular formula is C13H27OP. The molecule has 90 valence electrons. The van der Waals surface area contributed by atoms with Gasteiger partial charge < -0.3 is 4.79 Å². The highest BCUT2D eigenvalue weighted by Crippen LogP contribution is 2.35. The third-order valence-corrected chi connectivity index (χ3v) is 5.31. The zero-order valence-corrected chi connectivity index (χ0v) is 12.2. The lowest BCUT2D eigenvalue weighted by molar-refractivity contribution is -0.118. The van der Waals surface area contributed by atoms with Crippen LogP contribution in [0.15, 0.2) is 0 Å². The van der Waals surface area contributed by atoms with Crippen molar-refractivity contribution in [2.24, 2.45) is 10.8 Å². The molecule has 2 heteroatoms. The van der Waals surface area contributed by atoms with E-state index in [9.17, 15) is 4.79 Å². The van der Waals surface area contributed by atoms with Crippen LogP contribution in [0.1, 0.15) is 54.4 Å². The van der Waals surface area contributed by atoms with E-state index in [4.69, 9.17) is 0 Å². The topological polar surface area (TPSA) is 17.1 Å². The number of Topliss-reactive ketones (excluding diaryl/α,β-unsaturated/α-hetero) is 1. The van der Waals surface area contributed by atoms with Gasteiger partial charge in [-0.3, -0.25) is 0 Å². The van der Waals surface area contributed by atoms with E-state index in [0.29, 0.717) is 11.2 Å². The molecule has 0 fully saturated rings. The Balaban J connectivity index is 3.89. The summed E-state index contributed by atoms with van der Waals surface area (Å²) in [7, 11) is 0.989. The third-order valence-electron chi connectivity index (χ3n) is 2.89. The Bertz CT molecular complexity index is 207. The molecule has 1 nitrogen and oxygen atoms in total. The van der Waals surface area contributed by atoms with Gasteiger partial charge in [0.15, 0.2) is 0 Å². The van der Waals surface area contributed by atoms with E-state index in [2.05, 4.69) is 34.6 Å². The molecule has 0 aromatic rings. The van der Waals surface area contributed by atoms with E-state index in [1.807, 2.05) is 0 Å². The fourth-order valence-corrected chi connectivity index (χ4v) is 3.45. The third kappa shape index (κ3) is 7.96. The molecular weight excluding hydrogens is 203 g/mol. The van der Waals surface area contributed by atoms with Gasteiger partial charge in [-0.25, -0.2) is 0 Å². The number of rotatable bonds is 7. The summed E-state index contributed by atoms with van der Waals surface area (Å²) in [4.78, 5) is 11.1. The van der Waals surface area contributed by atoms with Gasteiger partial charge >= 0.3 is 0 Å². The Morgan fingerprint density at radius 3 is 1.93 bits per heavy atom. The van der Waals surface area contributed by atoms with E-state index in [1.54, 1.807) is 6.92 Å². The van der Waals surface area contributed by atoms with Crippen molar-refractivity contribution < 1.29 is 4.79 Å². The van der Waals surface area contributed by atoms with Crippen molar-refractivity contribution in [3.8, 4) is 0 Å². The molecule has 15 heavy (non-hydrogen) atoms. The monoisotopic (exact) mass is 230 g/mol. The maximum Gasteiger partial charge on any atom is 0.130 e. The van der Waals surface area contributed by atoms with E-state index in [1.165, 1.54) is 18.7 Å². The fourth-order valence-electron chi connectivity index (χ4n) is 1.60. The minimum atomic E-state index is 0.202. The molecule has 0 aliphatic rings. The second-order valence-electron chi connectivity index (χ2n) is 6.16. The van der Waals surface area contributed by atoms with Gasteiger partial charge in [0.25, 0.3) is 0 Å². The van der Waals surface area contributed by atoms with Crippen LogP contribution in [-0.2, 0) is 4.79 Å². The molecule has 0 spiro atoms. The number of hydrogen-bond acceptors (Lipinski definition) is 1. The van der Waals surface area contributed by atoms with Crippen LogP contribution in [0.4, 0.5) is 0 Å². The smallest absolute Gasteiger partial charge is 0.130 e. The van der Waals surface area contributed by atoms with Crippen molar-refractivity contribution in [3.63, 3.8) is 0 Å². The Kier molecular flexibility index (Phi) is 6.03. The summed E-state index contributed by atoms with van der Waals surface area (Å²) in [5.74, 6) is 0.319.